The van der Waals surface area contributed by atoms with Crippen molar-refractivity contribution in [3.63, 3.8) is 0 Å². The first-order chi connectivity index (χ1) is 9.04. The molecule has 0 heterocycles. The molecule has 0 saturated heterocycles. The number of ether oxygens (including phenoxy) is 1. The lowest BCUT2D eigenvalue weighted by Crippen LogP contribution is -1.98. The molecular weight excluding hydrogens is 443 g/mol. The maximum atomic E-state index is 14.1. The van der Waals surface area contributed by atoms with Crippen LogP contribution in [0, 0.1) is 5.82 Å². The van der Waals surface area contributed by atoms with Crippen LogP contribution < -0.4 is 4.74 Å². The number of benzene rings is 2. The average Bonchev–Trinajstić information content (AvgIpc) is 2.41. The van der Waals surface area contributed by atoms with Gasteiger partial charge >= 0.3 is 0 Å². The highest BCUT2D eigenvalue weighted by atomic mass is 79.9. The van der Waals surface area contributed by atoms with Gasteiger partial charge in [0.2, 0.25) is 0 Å². The summed E-state index contributed by atoms with van der Waals surface area (Å²) in [5.41, 5.74) is 1.53. The zero-order valence-corrected chi connectivity index (χ0v) is 14.7. The highest BCUT2D eigenvalue weighted by molar-refractivity contribution is 9.11. The van der Waals surface area contributed by atoms with Crippen LogP contribution in [0.5, 0.6) is 5.75 Å². The van der Waals surface area contributed by atoms with E-state index in [1.807, 2.05) is 24.3 Å². The Morgan fingerprint density at radius 1 is 1.05 bits per heavy atom. The van der Waals surface area contributed by atoms with E-state index in [1.54, 1.807) is 19.2 Å². The van der Waals surface area contributed by atoms with E-state index >= 15 is 0 Å². The van der Waals surface area contributed by atoms with Gasteiger partial charge in [-0.2, -0.15) is 0 Å². The fourth-order valence-electron chi connectivity index (χ4n) is 1.72. The topological polar surface area (TPSA) is 9.23 Å². The van der Waals surface area contributed by atoms with Gasteiger partial charge in [0.1, 0.15) is 11.6 Å². The molecule has 0 N–H and O–H groups in total. The van der Waals surface area contributed by atoms with Gasteiger partial charge in [0.15, 0.2) is 0 Å². The van der Waals surface area contributed by atoms with E-state index in [4.69, 9.17) is 4.74 Å². The first-order valence-electron chi connectivity index (χ1n) is 5.46. The predicted molar refractivity (Wildman–Crippen MR) is 85.6 cm³/mol. The Kier molecular flexibility index (Phi) is 5.03. The summed E-state index contributed by atoms with van der Waals surface area (Å²) in [6, 6.07) is 10.9. The lowest BCUT2D eigenvalue weighted by molar-refractivity contribution is 0.414. The molecule has 0 amide bonds. The molecule has 2 aromatic rings. The summed E-state index contributed by atoms with van der Waals surface area (Å²) in [6.45, 7) is 0. The smallest absolute Gasteiger partial charge is 0.142 e. The van der Waals surface area contributed by atoms with Crippen LogP contribution >= 0.6 is 47.8 Å². The van der Waals surface area contributed by atoms with Crippen molar-refractivity contribution in [2.24, 2.45) is 0 Å². The van der Waals surface area contributed by atoms with Crippen molar-refractivity contribution >= 4 is 47.8 Å². The fourth-order valence-corrected chi connectivity index (χ4v) is 3.75. The summed E-state index contributed by atoms with van der Waals surface area (Å²) < 4.78 is 20.6. The molecule has 1 nitrogen and oxygen atoms in total. The molecule has 0 bridgehead atoms. The first-order valence-corrected chi connectivity index (χ1v) is 7.96. The Morgan fingerprint density at radius 3 is 2.42 bits per heavy atom. The van der Waals surface area contributed by atoms with E-state index in [1.165, 1.54) is 0 Å². The van der Waals surface area contributed by atoms with Gasteiger partial charge in [-0.3, -0.25) is 0 Å². The van der Waals surface area contributed by atoms with Crippen LogP contribution in [0.25, 0.3) is 0 Å². The Bertz CT molecular complexity index is 601. The summed E-state index contributed by atoms with van der Waals surface area (Å²) in [6.07, 6.45) is 0. The van der Waals surface area contributed by atoms with Crippen molar-refractivity contribution < 1.29 is 9.13 Å². The lowest BCUT2D eigenvalue weighted by Gasteiger charge is -2.15. The molecule has 100 valence electrons. The van der Waals surface area contributed by atoms with Crippen molar-refractivity contribution in [1.82, 2.24) is 0 Å². The third-order valence-electron chi connectivity index (χ3n) is 2.74. The molecule has 2 aromatic carbocycles. The quantitative estimate of drug-likeness (QED) is 0.531. The number of alkyl halides is 1. The summed E-state index contributed by atoms with van der Waals surface area (Å²) in [4.78, 5) is -0.231. The molecule has 0 aromatic heterocycles. The maximum Gasteiger partial charge on any atom is 0.142 e. The molecule has 2 rings (SSSR count). The lowest BCUT2D eigenvalue weighted by atomic mass is 10.0. The number of rotatable bonds is 3. The van der Waals surface area contributed by atoms with Crippen LogP contribution in [0.1, 0.15) is 16.0 Å². The second kappa shape index (κ2) is 6.37. The molecule has 1 unspecified atom stereocenters. The van der Waals surface area contributed by atoms with Crippen LogP contribution in [-0.2, 0) is 0 Å². The van der Waals surface area contributed by atoms with Crippen molar-refractivity contribution in [3.05, 3.63) is 62.3 Å². The van der Waals surface area contributed by atoms with E-state index in [9.17, 15) is 4.39 Å². The molecule has 0 fully saturated rings. The van der Waals surface area contributed by atoms with Gasteiger partial charge in [-0.05, 0) is 39.7 Å². The minimum Gasteiger partial charge on any atom is -0.497 e. The Labute approximate surface area is 136 Å². The average molecular weight is 453 g/mol. The third-order valence-corrected chi connectivity index (χ3v) is 5.02. The standard InChI is InChI=1S/C14H10Br3FO/c1-19-8-5-6-9(12(16)7-8)13(17)10-3-2-4-11(15)14(10)18/h2-7,13H,1H3. The summed E-state index contributed by atoms with van der Waals surface area (Å²) in [7, 11) is 1.61. The number of hydrogen-bond donors (Lipinski definition) is 0. The van der Waals surface area contributed by atoms with Gasteiger partial charge in [0.05, 0.1) is 16.4 Å². The van der Waals surface area contributed by atoms with E-state index in [0.29, 0.717) is 10.0 Å². The highest BCUT2D eigenvalue weighted by Crippen LogP contribution is 2.39. The second-order valence-electron chi connectivity index (χ2n) is 3.89. The largest absolute Gasteiger partial charge is 0.497 e. The molecule has 0 saturated carbocycles. The van der Waals surface area contributed by atoms with E-state index in [2.05, 4.69) is 47.8 Å². The molecule has 1 atom stereocenters. The van der Waals surface area contributed by atoms with Crippen LogP contribution in [0.2, 0.25) is 0 Å². The number of halogens is 4. The molecule has 0 aliphatic rings. The fraction of sp³-hybridized carbons (Fsp3) is 0.143. The van der Waals surface area contributed by atoms with Gasteiger partial charge in [-0.25, -0.2) is 4.39 Å². The van der Waals surface area contributed by atoms with E-state index < -0.39 is 0 Å². The first kappa shape index (κ1) is 15.0. The minimum atomic E-state index is -0.257. The van der Waals surface area contributed by atoms with Crippen LogP contribution in [0.3, 0.4) is 0 Å². The summed E-state index contributed by atoms with van der Waals surface area (Å²) in [5, 5.41) is 0. The Hall–Kier alpha value is -0.390. The minimum absolute atomic E-state index is 0.231. The summed E-state index contributed by atoms with van der Waals surface area (Å²) in [5.74, 6) is 0.497. The highest BCUT2D eigenvalue weighted by Gasteiger charge is 2.18. The van der Waals surface area contributed by atoms with Crippen LogP contribution in [0.15, 0.2) is 45.3 Å². The summed E-state index contributed by atoms with van der Waals surface area (Å²) >= 11 is 10.2. The van der Waals surface area contributed by atoms with Gasteiger partial charge in [0.25, 0.3) is 0 Å². The van der Waals surface area contributed by atoms with Crippen LogP contribution in [0.4, 0.5) is 4.39 Å². The molecule has 0 aliphatic heterocycles. The molecule has 0 aliphatic carbocycles. The molecule has 5 heteroatoms. The van der Waals surface area contributed by atoms with E-state index in [-0.39, 0.29) is 10.6 Å². The molecular formula is C14H10Br3FO. The van der Waals surface area contributed by atoms with Gasteiger partial charge in [-0.1, -0.05) is 50.1 Å². The van der Waals surface area contributed by atoms with Crippen LogP contribution in [-0.4, -0.2) is 7.11 Å². The monoisotopic (exact) mass is 450 g/mol. The van der Waals surface area contributed by atoms with Crippen molar-refractivity contribution in [2.75, 3.05) is 7.11 Å². The van der Waals surface area contributed by atoms with E-state index in [0.717, 1.165) is 15.8 Å². The SMILES string of the molecule is COc1ccc(C(Br)c2cccc(Br)c2F)c(Br)c1. The maximum absolute atomic E-state index is 14.1. The predicted octanol–water partition coefficient (Wildman–Crippen LogP) is 5.84. The molecule has 19 heavy (non-hydrogen) atoms. The third kappa shape index (κ3) is 3.20. The molecule has 0 radical (unpaired) electrons. The zero-order valence-electron chi connectivity index (χ0n) is 9.96. The van der Waals surface area contributed by atoms with Crippen molar-refractivity contribution in [3.8, 4) is 5.75 Å². The molecule has 0 spiro atoms. The van der Waals surface area contributed by atoms with Gasteiger partial charge in [0, 0.05) is 10.0 Å². The Morgan fingerprint density at radius 2 is 1.79 bits per heavy atom. The van der Waals surface area contributed by atoms with Crippen molar-refractivity contribution in [2.45, 2.75) is 4.83 Å². The van der Waals surface area contributed by atoms with Gasteiger partial charge < -0.3 is 4.74 Å². The normalized spacial score (nSPS) is 12.3. The number of hydrogen-bond acceptors (Lipinski definition) is 1. The number of methoxy groups -OCH3 is 1. The second-order valence-corrected chi connectivity index (χ2v) is 6.52. The Balaban J connectivity index is 2.44. The zero-order chi connectivity index (χ0) is 14.0. The van der Waals surface area contributed by atoms with Gasteiger partial charge in [-0.15, -0.1) is 0 Å². The van der Waals surface area contributed by atoms with Crippen molar-refractivity contribution in [1.29, 1.82) is 0 Å².